The number of hydrogen-bond donors (Lipinski definition) is 1. The predicted molar refractivity (Wildman–Crippen MR) is 107 cm³/mol. The number of carbonyl (C=O) groups is 1. The molecule has 8 nitrogen and oxygen atoms in total. The number of methoxy groups -OCH3 is 1. The summed E-state index contributed by atoms with van der Waals surface area (Å²) >= 11 is 0. The lowest BCUT2D eigenvalue weighted by Gasteiger charge is -2.36. The summed E-state index contributed by atoms with van der Waals surface area (Å²) in [6.07, 6.45) is 0. The second-order valence-corrected chi connectivity index (χ2v) is 7.02. The highest BCUT2D eigenvalue weighted by atomic mass is 19.1. The average molecular weight is 399 g/mol. The first-order valence-electron chi connectivity index (χ1n) is 9.33. The Morgan fingerprint density at radius 2 is 1.90 bits per heavy atom. The minimum atomic E-state index is -0.285. The molecule has 0 unspecified atom stereocenters. The van der Waals surface area contributed by atoms with Crippen molar-refractivity contribution in [2.75, 3.05) is 43.5 Å². The Hall–Kier alpha value is -3.36. The molecule has 2 amide bonds. The van der Waals surface area contributed by atoms with E-state index in [-0.39, 0.29) is 23.5 Å². The molecule has 4 rings (SSSR count). The Balaban J connectivity index is 1.44. The van der Waals surface area contributed by atoms with Crippen LogP contribution in [0.3, 0.4) is 0 Å². The van der Waals surface area contributed by atoms with Crippen LogP contribution in [0.4, 0.5) is 20.7 Å². The molecule has 29 heavy (non-hydrogen) atoms. The number of piperazine rings is 1. The Morgan fingerprint density at radius 1 is 1.14 bits per heavy atom. The number of halogens is 1. The summed E-state index contributed by atoms with van der Waals surface area (Å²) in [6.45, 7) is 5.89. The monoisotopic (exact) mass is 399 g/mol. The summed E-state index contributed by atoms with van der Waals surface area (Å²) in [5.41, 5.74) is 2.60. The maximum absolute atomic E-state index is 13.7. The van der Waals surface area contributed by atoms with Gasteiger partial charge in [-0.3, -0.25) is 5.32 Å². The molecule has 0 bridgehead atoms. The second kappa shape index (κ2) is 7.57. The van der Waals surface area contributed by atoms with Gasteiger partial charge in [-0.15, -0.1) is 0 Å². The number of amides is 2. The van der Waals surface area contributed by atoms with Crippen molar-refractivity contribution >= 4 is 28.8 Å². The zero-order chi connectivity index (χ0) is 20.5. The Morgan fingerprint density at radius 3 is 2.59 bits per heavy atom. The topological polar surface area (TPSA) is 83.7 Å². The first kappa shape index (κ1) is 19.0. The van der Waals surface area contributed by atoms with Crippen LogP contribution in [0.5, 0.6) is 5.88 Å². The third kappa shape index (κ3) is 3.94. The van der Waals surface area contributed by atoms with Gasteiger partial charge in [-0.1, -0.05) is 0 Å². The van der Waals surface area contributed by atoms with Gasteiger partial charge in [0.15, 0.2) is 5.82 Å². The van der Waals surface area contributed by atoms with Crippen LogP contribution in [0.1, 0.15) is 11.3 Å². The highest BCUT2D eigenvalue weighted by Crippen LogP contribution is 2.26. The van der Waals surface area contributed by atoms with Crippen molar-refractivity contribution in [1.29, 1.82) is 0 Å². The van der Waals surface area contributed by atoms with Crippen LogP contribution in [0, 0.1) is 19.7 Å². The van der Waals surface area contributed by atoms with Gasteiger partial charge in [0.1, 0.15) is 17.1 Å². The normalized spacial score (nSPS) is 14.3. The van der Waals surface area contributed by atoms with E-state index in [2.05, 4.69) is 20.2 Å². The molecule has 152 valence electrons. The van der Waals surface area contributed by atoms with Crippen LogP contribution in [0.2, 0.25) is 0 Å². The lowest BCUT2D eigenvalue weighted by atomic mass is 10.2. The number of rotatable bonds is 3. The Bertz CT molecular complexity index is 1040. The van der Waals surface area contributed by atoms with E-state index in [0.29, 0.717) is 43.2 Å². The minimum absolute atomic E-state index is 0.189. The first-order chi connectivity index (χ1) is 13.9. The smallest absolute Gasteiger partial charge is 0.323 e. The van der Waals surface area contributed by atoms with Crippen molar-refractivity contribution in [2.24, 2.45) is 0 Å². The van der Waals surface area contributed by atoms with E-state index in [1.807, 2.05) is 13.0 Å². The van der Waals surface area contributed by atoms with Gasteiger partial charge in [0.05, 0.1) is 7.11 Å². The van der Waals surface area contributed by atoms with E-state index in [1.54, 1.807) is 17.9 Å². The molecule has 1 aromatic carbocycles. The summed E-state index contributed by atoms with van der Waals surface area (Å²) in [5, 5.41) is 2.77. The lowest BCUT2D eigenvalue weighted by molar-refractivity contribution is 0.208. The van der Waals surface area contributed by atoms with Gasteiger partial charge < -0.3 is 19.0 Å². The van der Waals surface area contributed by atoms with Gasteiger partial charge >= 0.3 is 6.03 Å². The van der Waals surface area contributed by atoms with E-state index < -0.39 is 0 Å². The van der Waals surface area contributed by atoms with Crippen LogP contribution < -0.4 is 15.0 Å². The zero-order valence-electron chi connectivity index (χ0n) is 16.5. The Kier molecular flexibility index (Phi) is 4.96. The summed E-state index contributed by atoms with van der Waals surface area (Å²) in [6, 6.07) is 6.43. The SMILES string of the molecule is COc1nc2oc(C)cc2nc1NC(=O)N1CCN(c2cc(C)cc(F)c2)CC1. The molecule has 0 atom stereocenters. The van der Waals surface area contributed by atoms with E-state index >= 15 is 0 Å². The van der Waals surface area contributed by atoms with E-state index in [0.717, 1.165) is 11.3 Å². The number of urea groups is 1. The molecule has 1 aliphatic rings. The van der Waals surface area contributed by atoms with Gasteiger partial charge in [0, 0.05) is 37.9 Å². The summed E-state index contributed by atoms with van der Waals surface area (Å²) in [7, 11) is 1.46. The summed E-state index contributed by atoms with van der Waals surface area (Å²) in [4.78, 5) is 25.1. The molecule has 3 aromatic rings. The zero-order valence-corrected chi connectivity index (χ0v) is 16.5. The van der Waals surface area contributed by atoms with E-state index in [4.69, 9.17) is 9.15 Å². The number of fused-ring (bicyclic) bond motifs is 1. The molecule has 1 fully saturated rings. The van der Waals surface area contributed by atoms with Crippen molar-refractivity contribution in [3.05, 3.63) is 41.4 Å². The van der Waals surface area contributed by atoms with Gasteiger partial charge in [-0.2, -0.15) is 4.98 Å². The van der Waals surface area contributed by atoms with Crippen LogP contribution in [0.15, 0.2) is 28.7 Å². The predicted octanol–water partition coefficient (Wildman–Crippen LogP) is 3.34. The molecular formula is C20H22FN5O3. The molecule has 1 N–H and O–H groups in total. The van der Waals surface area contributed by atoms with Gasteiger partial charge in [0.25, 0.3) is 5.88 Å². The van der Waals surface area contributed by atoms with Crippen molar-refractivity contribution in [3.63, 3.8) is 0 Å². The number of hydrogen-bond acceptors (Lipinski definition) is 6. The quantitative estimate of drug-likeness (QED) is 0.727. The fourth-order valence-electron chi connectivity index (χ4n) is 3.43. The number of aromatic nitrogens is 2. The maximum Gasteiger partial charge on any atom is 0.323 e. The van der Waals surface area contributed by atoms with Crippen LogP contribution in [-0.4, -0.2) is 54.2 Å². The van der Waals surface area contributed by atoms with Crippen LogP contribution in [0.25, 0.3) is 11.2 Å². The number of furan rings is 1. The molecular weight excluding hydrogens is 377 g/mol. The Labute approximate surface area is 167 Å². The number of nitrogens with one attached hydrogen (secondary N) is 1. The summed E-state index contributed by atoms with van der Waals surface area (Å²) < 4.78 is 24.4. The number of nitrogens with zero attached hydrogens (tertiary/aromatic N) is 4. The van der Waals surface area contributed by atoms with Gasteiger partial charge in [-0.05, 0) is 37.6 Å². The molecule has 1 aliphatic heterocycles. The maximum atomic E-state index is 13.7. The van der Waals surface area contributed by atoms with Crippen molar-refractivity contribution < 1.29 is 18.3 Å². The molecule has 0 radical (unpaired) electrons. The molecule has 3 heterocycles. The molecule has 9 heteroatoms. The first-order valence-corrected chi connectivity index (χ1v) is 9.33. The number of carbonyl (C=O) groups excluding carboxylic acids is 1. The van der Waals surface area contributed by atoms with Gasteiger partial charge in [-0.25, -0.2) is 14.2 Å². The number of benzene rings is 1. The summed E-state index contributed by atoms with van der Waals surface area (Å²) in [5.74, 6) is 0.855. The van der Waals surface area contributed by atoms with Crippen molar-refractivity contribution in [1.82, 2.24) is 14.9 Å². The van der Waals surface area contributed by atoms with Crippen molar-refractivity contribution in [2.45, 2.75) is 13.8 Å². The third-order valence-electron chi connectivity index (χ3n) is 4.83. The molecule has 0 spiro atoms. The highest BCUT2D eigenvalue weighted by Gasteiger charge is 2.24. The van der Waals surface area contributed by atoms with Crippen LogP contribution in [-0.2, 0) is 0 Å². The third-order valence-corrected chi connectivity index (χ3v) is 4.83. The largest absolute Gasteiger partial charge is 0.478 e. The fourth-order valence-corrected chi connectivity index (χ4v) is 3.43. The van der Waals surface area contributed by atoms with Gasteiger partial charge in [0.2, 0.25) is 5.71 Å². The minimum Gasteiger partial charge on any atom is -0.478 e. The lowest BCUT2D eigenvalue weighted by Crippen LogP contribution is -2.50. The molecule has 0 aliphatic carbocycles. The van der Waals surface area contributed by atoms with E-state index in [9.17, 15) is 9.18 Å². The fraction of sp³-hybridized carbons (Fsp3) is 0.350. The standard InChI is InChI=1S/C20H22FN5O3/c1-12-8-14(21)11-15(9-12)25-4-6-26(7-5-25)20(27)23-17-19(28-3)24-18-16(22-17)10-13(2)29-18/h8-11H,4-7H2,1-3H3,(H,22,23,27). The second-order valence-electron chi connectivity index (χ2n) is 7.02. The number of ether oxygens (including phenoxy) is 1. The average Bonchev–Trinajstić information content (AvgIpc) is 3.05. The number of anilines is 2. The molecule has 1 saturated heterocycles. The van der Waals surface area contributed by atoms with Crippen LogP contribution >= 0.6 is 0 Å². The van der Waals surface area contributed by atoms with E-state index in [1.165, 1.54) is 19.2 Å². The highest BCUT2D eigenvalue weighted by molar-refractivity contribution is 5.90. The number of aryl methyl sites for hydroxylation is 2. The molecule has 0 saturated carbocycles. The van der Waals surface area contributed by atoms with Crippen molar-refractivity contribution in [3.8, 4) is 5.88 Å². The molecule has 2 aromatic heterocycles.